The molecule has 0 bridgehead atoms. The summed E-state index contributed by atoms with van der Waals surface area (Å²) < 4.78 is 67.6. The van der Waals surface area contributed by atoms with Crippen LogP contribution in [0.25, 0.3) is 0 Å². The molecule has 0 aliphatic rings. The quantitative estimate of drug-likeness (QED) is 0.821. The lowest BCUT2D eigenvalue weighted by Crippen LogP contribution is -2.29. The van der Waals surface area contributed by atoms with Gasteiger partial charge in [-0.2, -0.15) is 13.2 Å². The van der Waals surface area contributed by atoms with E-state index in [4.69, 9.17) is 16.3 Å². The van der Waals surface area contributed by atoms with Crippen LogP contribution in [-0.4, -0.2) is 20.6 Å². The third-order valence-corrected chi connectivity index (χ3v) is 4.03. The van der Waals surface area contributed by atoms with Crippen molar-refractivity contribution < 1.29 is 31.1 Å². The largest absolute Gasteiger partial charge is 0.489 e. The number of hydrogen-bond donors (Lipinski definition) is 1. The summed E-state index contributed by atoms with van der Waals surface area (Å²) in [7, 11) is -3.67. The van der Waals surface area contributed by atoms with E-state index in [1.165, 1.54) is 30.3 Å². The van der Waals surface area contributed by atoms with Crippen molar-refractivity contribution >= 4 is 27.5 Å². The van der Waals surface area contributed by atoms with Gasteiger partial charge in [0.05, 0.1) is 16.8 Å². The fourth-order valence-electron chi connectivity index (χ4n) is 1.96. The molecule has 2 rings (SSSR count). The molecule has 2 aromatic carbocycles. The minimum Gasteiger partial charge on any atom is -0.489 e. The molecule has 0 atom stereocenters. The first-order valence-corrected chi connectivity index (χ1v) is 9.33. The molecule has 1 amide bonds. The van der Waals surface area contributed by atoms with Gasteiger partial charge in [-0.25, -0.2) is 13.1 Å². The molecule has 5 nitrogen and oxygen atoms in total. The van der Waals surface area contributed by atoms with E-state index in [1.807, 2.05) is 4.72 Å². The van der Waals surface area contributed by atoms with Gasteiger partial charge in [0.1, 0.15) is 12.4 Å². The summed E-state index contributed by atoms with van der Waals surface area (Å²) in [6, 6.07) is 8.96. The number of sulfonamides is 1. The van der Waals surface area contributed by atoms with Gasteiger partial charge in [-0.15, -0.1) is 0 Å². The Labute approximate surface area is 152 Å². The van der Waals surface area contributed by atoms with Crippen molar-refractivity contribution in [2.24, 2.45) is 0 Å². The maximum Gasteiger partial charge on any atom is 0.417 e. The van der Waals surface area contributed by atoms with Gasteiger partial charge in [0, 0.05) is 5.56 Å². The molecule has 0 spiro atoms. The van der Waals surface area contributed by atoms with Gasteiger partial charge in [-0.1, -0.05) is 23.7 Å². The number of halogens is 4. The average molecular weight is 408 g/mol. The number of ether oxygens (including phenoxy) is 1. The zero-order chi connectivity index (χ0) is 19.5. The standard InChI is InChI=1S/C16H13ClF3NO4S/c1-26(23,24)21-15(22)11-4-2-10(3-5-11)9-25-12-6-7-14(17)13(8-12)16(18,19)20/h2-8H,9H2,1H3,(H,21,22). The third kappa shape index (κ3) is 5.63. The zero-order valence-electron chi connectivity index (χ0n) is 13.3. The predicted octanol–water partition coefficient (Wildman–Crippen LogP) is 3.63. The fourth-order valence-corrected chi connectivity index (χ4v) is 2.64. The van der Waals surface area contributed by atoms with Gasteiger partial charge in [0.2, 0.25) is 10.0 Å². The van der Waals surface area contributed by atoms with E-state index in [9.17, 15) is 26.4 Å². The van der Waals surface area contributed by atoms with Gasteiger partial charge in [0.25, 0.3) is 5.91 Å². The molecule has 10 heteroatoms. The summed E-state index contributed by atoms with van der Waals surface area (Å²) in [6.45, 7) is -0.0487. The van der Waals surface area contributed by atoms with Crippen LogP contribution >= 0.6 is 11.6 Å². The molecular weight excluding hydrogens is 395 g/mol. The first kappa shape index (κ1) is 20.1. The molecule has 0 saturated heterocycles. The van der Waals surface area contributed by atoms with Crippen LogP contribution in [0.5, 0.6) is 5.75 Å². The van der Waals surface area contributed by atoms with Crippen LogP contribution in [0, 0.1) is 0 Å². The molecule has 2 aromatic rings. The van der Waals surface area contributed by atoms with E-state index in [-0.39, 0.29) is 17.9 Å². The van der Waals surface area contributed by atoms with Crippen LogP contribution in [0.1, 0.15) is 21.5 Å². The predicted molar refractivity (Wildman–Crippen MR) is 89.5 cm³/mol. The molecular formula is C16H13ClF3NO4S. The van der Waals surface area contributed by atoms with Crippen molar-refractivity contribution in [3.8, 4) is 5.75 Å². The number of carbonyl (C=O) groups excluding carboxylic acids is 1. The van der Waals surface area contributed by atoms with Crippen molar-refractivity contribution in [1.82, 2.24) is 4.72 Å². The Morgan fingerprint density at radius 2 is 1.77 bits per heavy atom. The lowest BCUT2D eigenvalue weighted by Gasteiger charge is -2.12. The highest BCUT2D eigenvalue weighted by atomic mass is 35.5. The number of benzene rings is 2. The fraction of sp³-hybridized carbons (Fsp3) is 0.188. The second-order valence-corrected chi connectivity index (χ2v) is 7.48. The smallest absolute Gasteiger partial charge is 0.417 e. The first-order chi connectivity index (χ1) is 12.0. The van der Waals surface area contributed by atoms with Gasteiger partial charge >= 0.3 is 6.18 Å². The Kier molecular flexibility index (Phi) is 5.82. The van der Waals surface area contributed by atoms with Crippen molar-refractivity contribution in [2.45, 2.75) is 12.8 Å². The SMILES string of the molecule is CS(=O)(=O)NC(=O)c1ccc(COc2ccc(Cl)c(C(F)(F)F)c2)cc1. The van der Waals surface area contributed by atoms with E-state index in [2.05, 4.69) is 0 Å². The summed E-state index contributed by atoms with van der Waals surface area (Å²) in [5, 5.41) is -0.425. The lowest BCUT2D eigenvalue weighted by atomic mass is 10.1. The zero-order valence-corrected chi connectivity index (χ0v) is 14.9. The number of alkyl halides is 3. The highest BCUT2D eigenvalue weighted by Gasteiger charge is 2.33. The number of hydrogen-bond acceptors (Lipinski definition) is 4. The van der Waals surface area contributed by atoms with Gasteiger partial charge in [0.15, 0.2) is 0 Å². The number of carbonyl (C=O) groups is 1. The van der Waals surface area contributed by atoms with Crippen molar-refractivity contribution in [3.63, 3.8) is 0 Å². The second-order valence-electron chi connectivity index (χ2n) is 5.33. The highest BCUT2D eigenvalue weighted by molar-refractivity contribution is 7.89. The van der Waals surface area contributed by atoms with E-state index in [0.29, 0.717) is 5.56 Å². The normalized spacial score (nSPS) is 11.9. The molecule has 0 aliphatic heterocycles. The molecule has 0 radical (unpaired) electrons. The Balaban J connectivity index is 2.06. The van der Waals surface area contributed by atoms with Crippen molar-refractivity contribution in [2.75, 3.05) is 6.26 Å². The van der Waals surface area contributed by atoms with Crippen LogP contribution in [0.15, 0.2) is 42.5 Å². The van der Waals surface area contributed by atoms with Crippen LogP contribution in [-0.2, 0) is 22.8 Å². The van der Waals surface area contributed by atoms with Gasteiger partial charge in [-0.3, -0.25) is 4.79 Å². The van der Waals surface area contributed by atoms with Crippen LogP contribution in [0.3, 0.4) is 0 Å². The Morgan fingerprint density at radius 1 is 1.15 bits per heavy atom. The average Bonchev–Trinajstić information content (AvgIpc) is 2.52. The molecule has 140 valence electrons. The summed E-state index contributed by atoms with van der Waals surface area (Å²) >= 11 is 5.53. The Hall–Kier alpha value is -2.26. The maximum atomic E-state index is 12.8. The van der Waals surface area contributed by atoms with Crippen molar-refractivity contribution in [1.29, 1.82) is 0 Å². The number of amides is 1. The van der Waals surface area contributed by atoms with Crippen molar-refractivity contribution in [3.05, 3.63) is 64.2 Å². The minimum absolute atomic E-state index is 0.0133. The monoisotopic (exact) mass is 407 g/mol. The molecule has 1 N–H and O–H groups in total. The lowest BCUT2D eigenvalue weighted by molar-refractivity contribution is -0.137. The molecule has 0 heterocycles. The molecule has 26 heavy (non-hydrogen) atoms. The van der Waals surface area contributed by atoms with Gasteiger partial charge in [-0.05, 0) is 35.9 Å². The summed E-state index contributed by atoms with van der Waals surface area (Å²) in [4.78, 5) is 11.7. The van der Waals surface area contributed by atoms with Crippen LogP contribution in [0.4, 0.5) is 13.2 Å². The summed E-state index contributed by atoms with van der Waals surface area (Å²) in [5.74, 6) is -0.798. The first-order valence-electron chi connectivity index (χ1n) is 7.06. The third-order valence-electron chi connectivity index (χ3n) is 3.14. The summed E-state index contributed by atoms with van der Waals surface area (Å²) in [6.07, 6.45) is -3.74. The number of nitrogens with one attached hydrogen (secondary N) is 1. The van der Waals surface area contributed by atoms with Gasteiger partial charge < -0.3 is 4.74 Å². The molecule has 0 aliphatic carbocycles. The highest BCUT2D eigenvalue weighted by Crippen LogP contribution is 2.36. The van der Waals surface area contributed by atoms with E-state index in [1.54, 1.807) is 0 Å². The van der Waals surface area contributed by atoms with E-state index >= 15 is 0 Å². The van der Waals surface area contributed by atoms with E-state index in [0.717, 1.165) is 18.4 Å². The number of rotatable bonds is 5. The Bertz CT molecular complexity index is 912. The Morgan fingerprint density at radius 3 is 2.31 bits per heavy atom. The topological polar surface area (TPSA) is 72.5 Å². The second kappa shape index (κ2) is 7.55. The maximum absolute atomic E-state index is 12.8. The van der Waals surface area contributed by atoms with E-state index < -0.39 is 32.7 Å². The molecule has 0 unspecified atom stereocenters. The van der Waals surface area contributed by atoms with Crippen LogP contribution in [0.2, 0.25) is 5.02 Å². The summed E-state index contributed by atoms with van der Waals surface area (Å²) in [5.41, 5.74) is -0.307. The molecule has 0 saturated carbocycles. The minimum atomic E-state index is -4.59. The molecule has 0 fully saturated rings. The molecule has 0 aromatic heterocycles. The van der Waals surface area contributed by atoms with Crippen LogP contribution < -0.4 is 9.46 Å².